The summed E-state index contributed by atoms with van der Waals surface area (Å²) >= 11 is 0. The molecule has 6 aromatic rings. The van der Waals surface area contributed by atoms with E-state index in [2.05, 4.69) is 84.9 Å². The van der Waals surface area contributed by atoms with Crippen LogP contribution in [0.2, 0.25) is 0 Å². The third-order valence-corrected chi connectivity index (χ3v) is 10.9. The molecule has 0 saturated carbocycles. The maximum atomic E-state index is 13.6. The second-order valence-corrected chi connectivity index (χ2v) is 14.5. The minimum atomic E-state index is -0.526. The molecular weight excluding hydrogens is 516 g/mol. The zero-order valence-electron chi connectivity index (χ0n) is 22.6. The van der Waals surface area contributed by atoms with Crippen molar-refractivity contribution in [3.63, 3.8) is 0 Å². The third-order valence-electron chi connectivity index (χ3n) is 8.12. The quantitative estimate of drug-likeness (QED) is 0.220. The molecular formula is C34H33NO2P2. The smallest absolute Gasteiger partial charge is 0.410 e. The Morgan fingerprint density at radius 1 is 0.795 bits per heavy atom. The van der Waals surface area contributed by atoms with Crippen molar-refractivity contribution in [2.75, 3.05) is 6.54 Å². The lowest BCUT2D eigenvalue weighted by Crippen LogP contribution is -2.40. The van der Waals surface area contributed by atoms with Crippen molar-refractivity contribution in [1.82, 2.24) is 4.90 Å². The van der Waals surface area contributed by atoms with Crippen LogP contribution in [0, 0.1) is 0 Å². The number of carbonyl (C=O) groups is 1. The van der Waals surface area contributed by atoms with Gasteiger partial charge in [-0.2, -0.15) is 0 Å². The minimum absolute atomic E-state index is 0.0856. The Morgan fingerprint density at radius 3 is 2.08 bits per heavy atom. The van der Waals surface area contributed by atoms with Crippen LogP contribution in [0.4, 0.5) is 4.79 Å². The molecule has 1 amide bonds. The van der Waals surface area contributed by atoms with Gasteiger partial charge in [-0.15, -0.1) is 16.4 Å². The van der Waals surface area contributed by atoms with Gasteiger partial charge < -0.3 is 9.64 Å². The topological polar surface area (TPSA) is 29.5 Å². The van der Waals surface area contributed by atoms with E-state index in [1.165, 1.54) is 53.1 Å². The predicted octanol–water partition coefficient (Wildman–Crippen LogP) is 9.70. The molecule has 4 aromatic carbocycles. The Bertz CT molecular complexity index is 1860. The lowest BCUT2D eigenvalue weighted by Gasteiger charge is -2.29. The molecule has 0 N–H and O–H groups in total. The summed E-state index contributed by atoms with van der Waals surface area (Å²) in [5.41, 5.74) is 2.20. The van der Waals surface area contributed by atoms with Gasteiger partial charge in [0.1, 0.15) is 5.60 Å². The summed E-state index contributed by atoms with van der Waals surface area (Å²) in [6.45, 7) is 6.56. The van der Waals surface area contributed by atoms with Gasteiger partial charge in [0.2, 0.25) is 0 Å². The highest BCUT2D eigenvalue weighted by Gasteiger charge is 2.39. The molecule has 5 heteroatoms. The zero-order chi connectivity index (χ0) is 26.7. The largest absolute Gasteiger partial charge is 0.444 e. The van der Waals surface area contributed by atoms with Crippen LogP contribution >= 0.6 is 16.4 Å². The number of ether oxygens (including phenoxy) is 1. The first-order chi connectivity index (χ1) is 18.9. The maximum Gasteiger partial charge on any atom is 0.410 e. The Kier molecular flexibility index (Phi) is 6.00. The highest BCUT2D eigenvalue weighted by molar-refractivity contribution is 7.44. The monoisotopic (exact) mass is 549 g/mol. The second-order valence-electron chi connectivity index (χ2n) is 11.9. The zero-order valence-corrected chi connectivity index (χ0v) is 24.6. The van der Waals surface area contributed by atoms with Crippen LogP contribution in [0.25, 0.3) is 42.0 Å². The molecule has 1 saturated heterocycles. The van der Waals surface area contributed by atoms with E-state index in [4.69, 9.17) is 4.74 Å². The molecule has 1 aliphatic heterocycles. The molecule has 4 unspecified atom stereocenters. The molecule has 2 aromatic heterocycles. The van der Waals surface area contributed by atoms with Crippen LogP contribution in [0.15, 0.2) is 84.9 Å². The number of amides is 1. The second kappa shape index (κ2) is 9.44. The number of rotatable bonds is 3. The Hall–Kier alpha value is -3.25. The van der Waals surface area contributed by atoms with Crippen molar-refractivity contribution in [3.8, 4) is 0 Å². The standard InChI is InChI=1S/C34H33NO2P2/c1-34(2,3)37-33(36)35-20-22(24-13-9-17-30-32(24)26-12-5-7-15-28(26)39-30)19-23(35)18-21-10-8-16-29-31(21)25-11-4-6-14-27(25)38-29/h4-17,22-23,38-39H,18-20H2,1-3H3. The van der Waals surface area contributed by atoms with E-state index in [0.29, 0.717) is 22.9 Å². The normalized spacial score (nSPS) is 18.5. The molecule has 0 radical (unpaired) electrons. The van der Waals surface area contributed by atoms with E-state index < -0.39 is 5.60 Å². The average Bonchev–Trinajstić information content (AvgIpc) is 3.61. The van der Waals surface area contributed by atoms with Crippen LogP contribution in [0.3, 0.4) is 0 Å². The van der Waals surface area contributed by atoms with Gasteiger partial charge in [0.15, 0.2) is 0 Å². The van der Waals surface area contributed by atoms with Crippen molar-refractivity contribution in [2.45, 2.75) is 51.2 Å². The van der Waals surface area contributed by atoms with Crippen molar-refractivity contribution < 1.29 is 9.53 Å². The van der Waals surface area contributed by atoms with Gasteiger partial charge >= 0.3 is 6.09 Å². The molecule has 196 valence electrons. The van der Waals surface area contributed by atoms with Gasteiger partial charge in [-0.05, 0) is 86.8 Å². The molecule has 3 heterocycles. The van der Waals surface area contributed by atoms with E-state index in [9.17, 15) is 4.79 Å². The molecule has 3 nitrogen and oxygen atoms in total. The van der Waals surface area contributed by atoms with Crippen LogP contribution in [0.5, 0.6) is 0 Å². The van der Waals surface area contributed by atoms with Crippen LogP contribution < -0.4 is 0 Å². The molecule has 7 rings (SSSR count). The summed E-state index contributed by atoms with van der Waals surface area (Å²) < 4.78 is 5.96. The Morgan fingerprint density at radius 2 is 1.38 bits per heavy atom. The third kappa shape index (κ3) is 4.43. The summed E-state index contributed by atoms with van der Waals surface area (Å²) in [6.07, 6.45) is 1.58. The fraction of sp³-hybridized carbons (Fsp3) is 0.265. The van der Waals surface area contributed by atoms with Crippen molar-refractivity contribution in [3.05, 3.63) is 96.1 Å². The van der Waals surface area contributed by atoms with Crippen molar-refractivity contribution in [1.29, 1.82) is 0 Å². The molecule has 39 heavy (non-hydrogen) atoms. The van der Waals surface area contributed by atoms with E-state index in [0.717, 1.165) is 12.8 Å². The fourth-order valence-electron chi connectivity index (χ4n) is 6.55. The molecule has 1 aliphatic rings. The van der Waals surface area contributed by atoms with Gasteiger partial charge in [0.25, 0.3) is 0 Å². The van der Waals surface area contributed by atoms with Gasteiger partial charge in [0, 0.05) is 18.5 Å². The molecule has 0 bridgehead atoms. The van der Waals surface area contributed by atoms with Crippen LogP contribution in [-0.4, -0.2) is 29.2 Å². The summed E-state index contributed by atoms with van der Waals surface area (Å²) in [6, 6.07) is 31.2. The van der Waals surface area contributed by atoms with Crippen molar-refractivity contribution >= 4 is 64.5 Å². The first-order valence-corrected chi connectivity index (χ1v) is 15.8. The average molecular weight is 550 g/mol. The summed E-state index contributed by atoms with van der Waals surface area (Å²) in [7, 11) is 1.40. The number of fused-ring (bicyclic) bond motifs is 6. The number of hydrogen-bond acceptors (Lipinski definition) is 2. The lowest BCUT2D eigenvalue weighted by molar-refractivity contribution is 0.0225. The molecule has 4 atom stereocenters. The highest BCUT2D eigenvalue weighted by Crippen LogP contribution is 2.45. The lowest BCUT2D eigenvalue weighted by atomic mass is 9.90. The van der Waals surface area contributed by atoms with Crippen molar-refractivity contribution in [2.24, 2.45) is 0 Å². The van der Waals surface area contributed by atoms with E-state index >= 15 is 0 Å². The van der Waals surface area contributed by atoms with Crippen LogP contribution in [0.1, 0.15) is 44.2 Å². The SMILES string of the molecule is CC(C)(C)OC(=O)N1CC(c2cccc3[pH]c4ccccc4c23)CC1Cc1cccc2[pH]c3ccccc3c12. The number of carbonyl (C=O) groups excluding carboxylic acids is 1. The highest BCUT2D eigenvalue weighted by atomic mass is 31.0. The molecule has 0 aliphatic carbocycles. The van der Waals surface area contributed by atoms with Gasteiger partial charge in [-0.3, -0.25) is 0 Å². The van der Waals surface area contributed by atoms with Gasteiger partial charge in [-0.25, -0.2) is 4.79 Å². The summed E-state index contributed by atoms with van der Waals surface area (Å²) in [4.78, 5) is 15.6. The number of hydrogen-bond donors (Lipinski definition) is 0. The van der Waals surface area contributed by atoms with E-state index in [-0.39, 0.29) is 18.1 Å². The summed E-state index contributed by atoms with van der Waals surface area (Å²) in [5.74, 6) is 0.277. The fourth-order valence-corrected chi connectivity index (χ4v) is 9.36. The van der Waals surface area contributed by atoms with E-state index in [1.807, 2.05) is 25.7 Å². The Labute approximate surface area is 232 Å². The molecule has 1 fully saturated rings. The first kappa shape index (κ1) is 24.8. The predicted molar refractivity (Wildman–Crippen MR) is 170 cm³/mol. The van der Waals surface area contributed by atoms with E-state index in [1.54, 1.807) is 0 Å². The number of nitrogens with zero attached hydrogens (tertiary/aromatic N) is 1. The van der Waals surface area contributed by atoms with Gasteiger partial charge in [0.05, 0.1) is 0 Å². The molecule has 0 spiro atoms. The minimum Gasteiger partial charge on any atom is -0.444 e. The van der Waals surface area contributed by atoms with Crippen LogP contribution in [-0.2, 0) is 11.2 Å². The van der Waals surface area contributed by atoms with Gasteiger partial charge in [-0.1, -0.05) is 84.9 Å². The Balaban J connectivity index is 1.30. The summed E-state index contributed by atoms with van der Waals surface area (Å²) in [5, 5.41) is 11.2. The maximum absolute atomic E-state index is 13.6. The first-order valence-electron chi connectivity index (χ1n) is 13.8. The number of likely N-dealkylation sites (tertiary alicyclic amines) is 1. The number of benzene rings is 4.